The fourth-order valence-electron chi connectivity index (χ4n) is 2.07. The summed E-state index contributed by atoms with van der Waals surface area (Å²) < 4.78 is 11.0. The Bertz CT molecular complexity index is 588. The van der Waals surface area contributed by atoms with Gasteiger partial charge in [-0.1, -0.05) is 25.1 Å². The van der Waals surface area contributed by atoms with Gasteiger partial charge in [0.2, 0.25) is 0 Å². The van der Waals surface area contributed by atoms with E-state index in [0.717, 1.165) is 23.5 Å². The third kappa shape index (κ3) is 4.09. The number of aryl methyl sites for hydroxylation is 1. The molecule has 0 aliphatic rings. The van der Waals surface area contributed by atoms with E-state index < -0.39 is 0 Å². The molecule has 0 radical (unpaired) electrons. The van der Waals surface area contributed by atoms with Crippen LogP contribution in [0.5, 0.6) is 11.5 Å². The van der Waals surface area contributed by atoms with Crippen LogP contribution in [0.4, 0.5) is 0 Å². The minimum Gasteiger partial charge on any atom is -0.494 e. The van der Waals surface area contributed by atoms with Crippen LogP contribution >= 0.6 is 0 Å². The van der Waals surface area contributed by atoms with Crippen LogP contribution in [0.2, 0.25) is 0 Å². The minimum atomic E-state index is -0.0380. The molecule has 3 nitrogen and oxygen atoms in total. The van der Waals surface area contributed by atoms with Crippen molar-refractivity contribution in [1.82, 2.24) is 0 Å². The lowest BCUT2D eigenvalue weighted by Crippen LogP contribution is -2.12. The maximum atomic E-state index is 12.1. The number of hydrogen-bond acceptors (Lipinski definition) is 3. The van der Waals surface area contributed by atoms with E-state index in [0.29, 0.717) is 12.2 Å². The third-order valence-corrected chi connectivity index (χ3v) is 3.20. The first-order valence-corrected chi connectivity index (χ1v) is 7.21. The Hall–Kier alpha value is -2.29. The van der Waals surface area contributed by atoms with Gasteiger partial charge in [-0.25, -0.2) is 0 Å². The second-order valence-electron chi connectivity index (χ2n) is 4.63. The highest BCUT2D eigenvalue weighted by Gasteiger charge is 2.08. The molecule has 0 saturated heterocycles. The molecule has 2 aromatic carbocycles. The summed E-state index contributed by atoms with van der Waals surface area (Å²) in [5.74, 6) is 1.51. The number of ketones is 1. The quantitative estimate of drug-likeness (QED) is 0.723. The Balaban J connectivity index is 1.98. The van der Waals surface area contributed by atoms with Gasteiger partial charge in [0, 0.05) is 5.56 Å². The van der Waals surface area contributed by atoms with Crippen molar-refractivity contribution < 1.29 is 14.3 Å². The molecular weight excluding hydrogens is 264 g/mol. The Kier molecular flexibility index (Phi) is 5.38. The molecule has 0 aromatic heterocycles. The van der Waals surface area contributed by atoms with Crippen LogP contribution in [-0.4, -0.2) is 19.0 Å². The van der Waals surface area contributed by atoms with E-state index in [9.17, 15) is 4.79 Å². The summed E-state index contributed by atoms with van der Waals surface area (Å²) >= 11 is 0. The molecular formula is C18H20O3. The first-order chi connectivity index (χ1) is 10.2. The predicted octanol–water partition coefficient (Wildman–Crippen LogP) is 3.91. The third-order valence-electron chi connectivity index (χ3n) is 3.20. The van der Waals surface area contributed by atoms with E-state index >= 15 is 0 Å². The monoisotopic (exact) mass is 284 g/mol. The van der Waals surface area contributed by atoms with Crippen molar-refractivity contribution in [2.45, 2.75) is 20.3 Å². The molecule has 0 fully saturated rings. The van der Waals surface area contributed by atoms with E-state index in [1.165, 1.54) is 0 Å². The molecule has 0 spiro atoms. The summed E-state index contributed by atoms with van der Waals surface area (Å²) in [7, 11) is 0. The highest BCUT2D eigenvalue weighted by atomic mass is 16.5. The van der Waals surface area contributed by atoms with Gasteiger partial charge in [0.25, 0.3) is 0 Å². The van der Waals surface area contributed by atoms with E-state index in [4.69, 9.17) is 9.47 Å². The Morgan fingerprint density at radius 2 is 1.67 bits per heavy atom. The summed E-state index contributed by atoms with van der Waals surface area (Å²) in [6.45, 7) is 4.66. The number of carbonyl (C=O) groups is 1. The fourth-order valence-corrected chi connectivity index (χ4v) is 2.07. The van der Waals surface area contributed by atoms with E-state index in [2.05, 4.69) is 6.92 Å². The first kappa shape index (κ1) is 15.1. The molecule has 2 rings (SSSR count). The van der Waals surface area contributed by atoms with Crippen molar-refractivity contribution in [1.29, 1.82) is 0 Å². The van der Waals surface area contributed by atoms with Crippen LogP contribution in [0.25, 0.3) is 0 Å². The zero-order valence-corrected chi connectivity index (χ0v) is 12.5. The average molecular weight is 284 g/mol. The van der Waals surface area contributed by atoms with Crippen LogP contribution in [0.1, 0.15) is 29.8 Å². The van der Waals surface area contributed by atoms with Gasteiger partial charge in [-0.2, -0.15) is 0 Å². The Morgan fingerprint density at radius 1 is 0.952 bits per heavy atom. The van der Waals surface area contributed by atoms with Crippen molar-refractivity contribution in [2.24, 2.45) is 0 Å². The fraction of sp³-hybridized carbons (Fsp3) is 0.278. The van der Waals surface area contributed by atoms with Crippen LogP contribution in [0.3, 0.4) is 0 Å². The molecule has 0 amide bonds. The number of hydrogen-bond donors (Lipinski definition) is 0. The lowest BCUT2D eigenvalue weighted by molar-refractivity contribution is 0.0921. The normalized spacial score (nSPS) is 10.2. The van der Waals surface area contributed by atoms with Crippen molar-refractivity contribution in [2.75, 3.05) is 13.2 Å². The molecule has 0 atom stereocenters. The summed E-state index contributed by atoms with van der Waals surface area (Å²) in [4.78, 5) is 12.1. The minimum absolute atomic E-state index is 0.0380. The molecule has 0 saturated carbocycles. The summed E-state index contributed by atoms with van der Waals surface area (Å²) in [6, 6.07) is 14.9. The Labute approximate surface area is 125 Å². The van der Waals surface area contributed by atoms with Crippen molar-refractivity contribution in [3.05, 3.63) is 59.7 Å². The lowest BCUT2D eigenvalue weighted by Gasteiger charge is -2.10. The standard InChI is InChI=1S/C18H20O3/c1-3-14-7-5-6-8-18(14)21-13-17(19)15-9-11-16(12-10-15)20-4-2/h5-12H,3-4,13H2,1-2H3. The number of carbonyl (C=O) groups excluding carboxylic acids is 1. The zero-order chi connectivity index (χ0) is 15.1. The predicted molar refractivity (Wildman–Crippen MR) is 83.3 cm³/mol. The van der Waals surface area contributed by atoms with Crippen molar-refractivity contribution in [3.8, 4) is 11.5 Å². The van der Waals surface area contributed by atoms with E-state index in [1.54, 1.807) is 24.3 Å². The molecule has 2 aromatic rings. The molecule has 0 aliphatic carbocycles. The van der Waals surface area contributed by atoms with Gasteiger partial charge >= 0.3 is 0 Å². The van der Waals surface area contributed by atoms with Gasteiger partial charge < -0.3 is 9.47 Å². The number of para-hydroxylation sites is 1. The molecule has 0 N–H and O–H groups in total. The van der Waals surface area contributed by atoms with Gasteiger partial charge in [0.05, 0.1) is 6.61 Å². The van der Waals surface area contributed by atoms with E-state index in [-0.39, 0.29) is 12.4 Å². The first-order valence-electron chi connectivity index (χ1n) is 7.21. The van der Waals surface area contributed by atoms with Crippen LogP contribution < -0.4 is 9.47 Å². The number of Topliss-reactive ketones (excluding diaryl/α,β-unsaturated/α-hetero) is 1. The van der Waals surface area contributed by atoms with Gasteiger partial charge in [-0.05, 0) is 49.2 Å². The highest BCUT2D eigenvalue weighted by Crippen LogP contribution is 2.19. The molecule has 0 heterocycles. The Morgan fingerprint density at radius 3 is 2.33 bits per heavy atom. The van der Waals surface area contributed by atoms with Gasteiger partial charge in [-0.15, -0.1) is 0 Å². The van der Waals surface area contributed by atoms with Crippen LogP contribution in [-0.2, 0) is 6.42 Å². The van der Waals surface area contributed by atoms with E-state index in [1.807, 2.05) is 31.2 Å². The molecule has 110 valence electrons. The van der Waals surface area contributed by atoms with Gasteiger partial charge in [0.15, 0.2) is 12.4 Å². The number of benzene rings is 2. The lowest BCUT2D eigenvalue weighted by atomic mass is 10.1. The molecule has 21 heavy (non-hydrogen) atoms. The molecule has 0 aliphatic heterocycles. The van der Waals surface area contributed by atoms with Crippen LogP contribution in [0, 0.1) is 0 Å². The molecule has 3 heteroatoms. The van der Waals surface area contributed by atoms with Crippen molar-refractivity contribution >= 4 is 5.78 Å². The molecule has 0 unspecified atom stereocenters. The second-order valence-corrected chi connectivity index (χ2v) is 4.63. The largest absolute Gasteiger partial charge is 0.494 e. The number of rotatable bonds is 7. The van der Waals surface area contributed by atoms with Crippen molar-refractivity contribution in [3.63, 3.8) is 0 Å². The smallest absolute Gasteiger partial charge is 0.200 e. The second kappa shape index (κ2) is 7.48. The zero-order valence-electron chi connectivity index (χ0n) is 12.5. The SMILES string of the molecule is CCOc1ccc(C(=O)COc2ccccc2CC)cc1. The van der Waals surface area contributed by atoms with Crippen LogP contribution in [0.15, 0.2) is 48.5 Å². The number of ether oxygens (including phenoxy) is 2. The average Bonchev–Trinajstić information content (AvgIpc) is 2.54. The summed E-state index contributed by atoms with van der Waals surface area (Å²) in [5.41, 5.74) is 1.74. The van der Waals surface area contributed by atoms with Gasteiger partial charge in [-0.3, -0.25) is 4.79 Å². The molecule has 0 bridgehead atoms. The highest BCUT2D eigenvalue weighted by molar-refractivity contribution is 5.97. The summed E-state index contributed by atoms with van der Waals surface area (Å²) in [6.07, 6.45) is 0.882. The summed E-state index contributed by atoms with van der Waals surface area (Å²) in [5, 5.41) is 0. The van der Waals surface area contributed by atoms with Gasteiger partial charge in [0.1, 0.15) is 11.5 Å². The maximum absolute atomic E-state index is 12.1. The maximum Gasteiger partial charge on any atom is 0.200 e. The topological polar surface area (TPSA) is 35.5 Å².